The van der Waals surface area contributed by atoms with Crippen LogP contribution >= 0.6 is 0 Å². The molecule has 0 unspecified atom stereocenters. The number of hydrogen-bond donors (Lipinski definition) is 1. The van der Waals surface area contributed by atoms with Crippen LogP contribution in [0.15, 0.2) is 12.2 Å². The van der Waals surface area contributed by atoms with E-state index in [9.17, 15) is 0 Å². The topological polar surface area (TPSA) is 12.0 Å². The van der Waals surface area contributed by atoms with Gasteiger partial charge in [-0.05, 0) is 26.3 Å². The fourth-order valence-electron chi connectivity index (χ4n) is 0.986. The van der Waals surface area contributed by atoms with Crippen molar-refractivity contribution in [2.75, 3.05) is 6.54 Å². The third-order valence-corrected chi connectivity index (χ3v) is 1.64. The zero-order valence-corrected chi connectivity index (χ0v) is 7.41. The Kier molecular flexibility index (Phi) is 5.32. The molecule has 0 aliphatic carbocycles. The van der Waals surface area contributed by atoms with Crippen molar-refractivity contribution in [1.29, 1.82) is 0 Å². The molecule has 1 atom stereocenters. The summed E-state index contributed by atoms with van der Waals surface area (Å²) >= 11 is 0. The molecule has 0 bridgehead atoms. The highest BCUT2D eigenvalue weighted by atomic mass is 14.9. The first-order chi connectivity index (χ1) is 4.72. The molecule has 0 aliphatic rings. The van der Waals surface area contributed by atoms with E-state index < -0.39 is 0 Å². The standard InChI is InChI=1S/C9H19N/c1-5-7-10-9(6-2)8(3)4/h9-10H,3,5-7H2,1-2,4H3/t9-/m0/s1. The summed E-state index contributed by atoms with van der Waals surface area (Å²) in [5.74, 6) is 0. The molecule has 0 aromatic carbocycles. The lowest BCUT2D eigenvalue weighted by Crippen LogP contribution is -2.29. The Labute approximate surface area is 64.5 Å². The van der Waals surface area contributed by atoms with Crippen LogP contribution in [0.4, 0.5) is 0 Å². The first-order valence-electron chi connectivity index (χ1n) is 4.11. The van der Waals surface area contributed by atoms with E-state index in [4.69, 9.17) is 0 Å². The summed E-state index contributed by atoms with van der Waals surface area (Å²) in [5, 5.41) is 3.42. The summed E-state index contributed by atoms with van der Waals surface area (Å²) in [6.07, 6.45) is 2.35. The van der Waals surface area contributed by atoms with E-state index in [-0.39, 0.29) is 0 Å². The van der Waals surface area contributed by atoms with Crippen molar-refractivity contribution < 1.29 is 0 Å². The van der Waals surface area contributed by atoms with Gasteiger partial charge in [0.1, 0.15) is 0 Å². The minimum absolute atomic E-state index is 0.528. The summed E-state index contributed by atoms with van der Waals surface area (Å²) < 4.78 is 0. The highest BCUT2D eigenvalue weighted by Crippen LogP contribution is 2.01. The van der Waals surface area contributed by atoms with Crippen LogP contribution in [0.25, 0.3) is 0 Å². The summed E-state index contributed by atoms with van der Waals surface area (Å²) in [6, 6.07) is 0.528. The molecule has 0 fully saturated rings. The van der Waals surface area contributed by atoms with Gasteiger partial charge in [0, 0.05) is 6.04 Å². The largest absolute Gasteiger partial charge is 0.310 e. The van der Waals surface area contributed by atoms with Gasteiger partial charge in [-0.1, -0.05) is 26.0 Å². The predicted octanol–water partition coefficient (Wildman–Crippen LogP) is 2.34. The molecule has 0 amide bonds. The summed E-state index contributed by atoms with van der Waals surface area (Å²) in [5.41, 5.74) is 1.25. The Bertz CT molecular complexity index is 96.9. The Morgan fingerprint density at radius 3 is 2.40 bits per heavy atom. The molecule has 0 saturated carbocycles. The van der Waals surface area contributed by atoms with E-state index in [0.717, 1.165) is 13.0 Å². The zero-order chi connectivity index (χ0) is 7.98. The Balaban J connectivity index is 3.50. The van der Waals surface area contributed by atoms with Crippen LogP contribution in [0, 0.1) is 0 Å². The first kappa shape index (κ1) is 9.70. The quantitative estimate of drug-likeness (QED) is 0.579. The zero-order valence-electron chi connectivity index (χ0n) is 7.41. The van der Waals surface area contributed by atoms with Gasteiger partial charge in [-0.15, -0.1) is 0 Å². The highest BCUT2D eigenvalue weighted by Gasteiger charge is 2.02. The second kappa shape index (κ2) is 5.48. The van der Waals surface area contributed by atoms with Crippen LogP contribution < -0.4 is 5.32 Å². The third-order valence-electron chi connectivity index (χ3n) is 1.64. The molecule has 0 heterocycles. The van der Waals surface area contributed by atoms with Crippen LogP contribution in [0.5, 0.6) is 0 Å². The average molecular weight is 141 g/mol. The maximum atomic E-state index is 3.92. The van der Waals surface area contributed by atoms with E-state index >= 15 is 0 Å². The average Bonchev–Trinajstić information content (AvgIpc) is 1.89. The lowest BCUT2D eigenvalue weighted by atomic mass is 10.1. The molecular weight excluding hydrogens is 122 g/mol. The fourth-order valence-corrected chi connectivity index (χ4v) is 0.986. The van der Waals surface area contributed by atoms with Gasteiger partial charge >= 0.3 is 0 Å². The molecule has 0 rings (SSSR count). The van der Waals surface area contributed by atoms with Gasteiger partial charge < -0.3 is 5.32 Å². The molecule has 0 aliphatic heterocycles. The second-order valence-electron chi connectivity index (χ2n) is 2.76. The minimum Gasteiger partial charge on any atom is -0.310 e. The molecular formula is C9H19N. The van der Waals surface area contributed by atoms with Crippen molar-refractivity contribution in [1.82, 2.24) is 5.32 Å². The SMILES string of the molecule is C=C(C)[C@H](CC)NCCC. The maximum absolute atomic E-state index is 3.92. The van der Waals surface area contributed by atoms with Gasteiger partial charge in [-0.2, -0.15) is 0 Å². The number of rotatable bonds is 5. The van der Waals surface area contributed by atoms with Crippen LogP contribution in [-0.4, -0.2) is 12.6 Å². The molecule has 0 radical (unpaired) electrons. The van der Waals surface area contributed by atoms with Crippen molar-refractivity contribution in [3.8, 4) is 0 Å². The molecule has 1 heteroatoms. The molecule has 1 nitrogen and oxygen atoms in total. The fraction of sp³-hybridized carbons (Fsp3) is 0.778. The van der Waals surface area contributed by atoms with E-state index in [1.165, 1.54) is 12.0 Å². The number of hydrogen-bond acceptors (Lipinski definition) is 1. The second-order valence-corrected chi connectivity index (χ2v) is 2.76. The van der Waals surface area contributed by atoms with Gasteiger partial charge in [-0.3, -0.25) is 0 Å². The molecule has 60 valence electrons. The van der Waals surface area contributed by atoms with Gasteiger partial charge in [-0.25, -0.2) is 0 Å². The van der Waals surface area contributed by atoms with Crippen molar-refractivity contribution in [3.63, 3.8) is 0 Å². The predicted molar refractivity (Wildman–Crippen MR) is 47.2 cm³/mol. The van der Waals surface area contributed by atoms with Gasteiger partial charge in [0.15, 0.2) is 0 Å². The lowest BCUT2D eigenvalue weighted by Gasteiger charge is -2.15. The summed E-state index contributed by atoms with van der Waals surface area (Å²) in [7, 11) is 0. The van der Waals surface area contributed by atoms with Crippen molar-refractivity contribution in [2.45, 2.75) is 39.7 Å². The van der Waals surface area contributed by atoms with Crippen LogP contribution in [-0.2, 0) is 0 Å². The molecule has 0 aromatic rings. The molecule has 0 aromatic heterocycles. The lowest BCUT2D eigenvalue weighted by molar-refractivity contribution is 0.553. The van der Waals surface area contributed by atoms with E-state index in [2.05, 4.69) is 32.7 Å². The van der Waals surface area contributed by atoms with Gasteiger partial charge in [0.05, 0.1) is 0 Å². The maximum Gasteiger partial charge on any atom is 0.0271 e. The minimum atomic E-state index is 0.528. The molecule has 10 heavy (non-hydrogen) atoms. The van der Waals surface area contributed by atoms with Crippen LogP contribution in [0.1, 0.15) is 33.6 Å². The first-order valence-corrected chi connectivity index (χ1v) is 4.11. The van der Waals surface area contributed by atoms with Crippen LogP contribution in [0.2, 0.25) is 0 Å². The monoisotopic (exact) mass is 141 g/mol. The third kappa shape index (κ3) is 3.67. The molecule has 0 spiro atoms. The van der Waals surface area contributed by atoms with Crippen molar-refractivity contribution in [3.05, 3.63) is 12.2 Å². The summed E-state index contributed by atoms with van der Waals surface area (Å²) in [6.45, 7) is 11.5. The molecule has 1 N–H and O–H groups in total. The van der Waals surface area contributed by atoms with Gasteiger partial charge in [0.25, 0.3) is 0 Å². The molecule has 0 saturated heterocycles. The summed E-state index contributed by atoms with van der Waals surface area (Å²) in [4.78, 5) is 0. The smallest absolute Gasteiger partial charge is 0.0271 e. The van der Waals surface area contributed by atoms with E-state index in [1.54, 1.807) is 0 Å². The normalized spacial score (nSPS) is 13.1. The highest BCUT2D eigenvalue weighted by molar-refractivity contribution is 5.00. The van der Waals surface area contributed by atoms with E-state index in [1.807, 2.05) is 0 Å². The Morgan fingerprint density at radius 2 is 2.10 bits per heavy atom. The van der Waals surface area contributed by atoms with Gasteiger partial charge in [0.2, 0.25) is 0 Å². The van der Waals surface area contributed by atoms with Crippen LogP contribution in [0.3, 0.4) is 0 Å². The van der Waals surface area contributed by atoms with Crippen molar-refractivity contribution in [2.24, 2.45) is 0 Å². The number of nitrogens with one attached hydrogen (secondary N) is 1. The van der Waals surface area contributed by atoms with Crippen molar-refractivity contribution >= 4 is 0 Å². The van der Waals surface area contributed by atoms with E-state index in [0.29, 0.717) is 6.04 Å². The Morgan fingerprint density at radius 1 is 1.50 bits per heavy atom. The Hall–Kier alpha value is -0.300.